The number of amides is 1. The molecule has 1 aliphatic carbocycles. The third-order valence-electron chi connectivity index (χ3n) is 4.62. The SMILES string of the molecule is O=C(CSCc1ccccc1)Nc1nc2c(s1)-c1cccc3cccc-2c13. The van der Waals surface area contributed by atoms with Crippen molar-refractivity contribution in [2.75, 3.05) is 11.1 Å². The van der Waals surface area contributed by atoms with E-state index in [1.54, 1.807) is 23.1 Å². The summed E-state index contributed by atoms with van der Waals surface area (Å²) in [5.74, 6) is 1.25. The Kier molecular flexibility index (Phi) is 4.19. The molecular weight excluding hydrogens is 372 g/mol. The molecule has 1 heterocycles. The van der Waals surface area contributed by atoms with Crippen molar-refractivity contribution in [3.05, 3.63) is 72.3 Å². The van der Waals surface area contributed by atoms with E-state index in [4.69, 9.17) is 4.98 Å². The van der Waals surface area contributed by atoms with Gasteiger partial charge in [-0.15, -0.1) is 11.8 Å². The fraction of sp³-hybridized carbons (Fsp3) is 0.0909. The van der Waals surface area contributed by atoms with Gasteiger partial charge in [0, 0.05) is 16.9 Å². The Morgan fingerprint density at radius 3 is 2.56 bits per heavy atom. The number of hydrogen-bond acceptors (Lipinski definition) is 4. The van der Waals surface area contributed by atoms with Gasteiger partial charge in [0.2, 0.25) is 5.91 Å². The van der Waals surface area contributed by atoms with E-state index in [9.17, 15) is 4.79 Å². The fourth-order valence-electron chi connectivity index (χ4n) is 3.46. The molecule has 3 aromatic carbocycles. The van der Waals surface area contributed by atoms with Gasteiger partial charge in [0.15, 0.2) is 5.13 Å². The minimum absolute atomic E-state index is 0.00477. The van der Waals surface area contributed by atoms with Crippen LogP contribution in [0.15, 0.2) is 66.7 Å². The first-order chi connectivity index (χ1) is 13.3. The van der Waals surface area contributed by atoms with E-state index in [1.807, 2.05) is 18.2 Å². The van der Waals surface area contributed by atoms with Crippen LogP contribution in [0.1, 0.15) is 5.56 Å². The zero-order valence-electron chi connectivity index (χ0n) is 14.4. The second-order valence-electron chi connectivity index (χ2n) is 6.43. The van der Waals surface area contributed by atoms with Gasteiger partial charge in [-0.1, -0.05) is 78.1 Å². The van der Waals surface area contributed by atoms with E-state index in [2.05, 4.69) is 53.8 Å². The molecule has 5 rings (SSSR count). The first-order valence-electron chi connectivity index (χ1n) is 8.74. The summed E-state index contributed by atoms with van der Waals surface area (Å²) in [6.07, 6.45) is 0. The van der Waals surface area contributed by atoms with Crippen molar-refractivity contribution in [1.29, 1.82) is 0 Å². The summed E-state index contributed by atoms with van der Waals surface area (Å²) < 4.78 is 0. The molecule has 0 saturated heterocycles. The summed E-state index contributed by atoms with van der Waals surface area (Å²) in [5, 5.41) is 6.15. The Balaban J connectivity index is 1.30. The smallest absolute Gasteiger partial charge is 0.236 e. The van der Waals surface area contributed by atoms with E-state index in [-0.39, 0.29) is 5.91 Å². The van der Waals surface area contributed by atoms with Crippen LogP contribution in [0.3, 0.4) is 0 Å². The standard InChI is InChI=1S/C22H16N2OS2/c25-18(13-26-12-14-6-2-1-3-7-14)23-22-24-20-16-10-4-8-15-9-5-11-17(19(15)16)21(20)27-22/h1-11H,12-13H2,(H,23,24,25). The number of rotatable bonds is 5. The lowest BCUT2D eigenvalue weighted by Crippen LogP contribution is -2.14. The molecular formula is C22H16N2OS2. The fourth-order valence-corrected chi connectivity index (χ4v) is 5.27. The molecule has 0 unspecified atom stereocenters. The molecule has 1 aromatic heterocycles. The second-order valence-corrected chi connectivity index (χ2v) is 8.42. The minimum Gasteiger partial charge on any atom is -0.301 e. The molecule has 0 saturated carbocycles. The van der Waals surface area contributed by atoms with Crippen molar-refractivity contribution in [1.82, 2.24) is 4.98 Å². The second kappa shape index (κ2) is 6.83. The number of thioether (sulfide) groups is 1. The average Bonchev–Trinajstić information content (AvgIpc) is 3.22. The molecule has 0 fully saturated rings. The highest BCUT2D eigenvalue weighted by Gasteiger charge is 2.25. The summed E-state index contributed by atoms with van der Waals surface area (Å²) >= 11 is 3.17. The Labute approximate surface area is 165 Å². The van der Waals surface area contributed by atoms with Crippen molar-refractivity contribution in [2.45, 2.75) is 5.75 Å². The van der Waals surface area contributed by atoms with E-state index in [1.165, 1.54) is 21.9 Å². The number of fused-ring (bicyclic) bond motifs is 3. The van der Waals surface area contributed by atoms with Crippen LogP contribution in [0.4, 0.5) is 5.13 Å². The predicted octanol–water partition coefficient (Wildman–Crippen LogP) is 5.82. The molecule has 0 bridgehead atoms. The highest BCUT2D eigenvalue weighted by atomic mass is 32.2. The third kappa shape index (κ3) is 3.03. The summed E-state index contributed by atoms with van der Waals surface area (Å²) in [6.45, 7) is 0. The zero-order chi connectivity index (χ0) is 18.2. The summed E-state index contributed by atoms with van der Waals surface area (Å²) in [6, 6.07) is 22.8. The number of hydrogen-bond donors (Lipinski definition) is 1. The Hall–Kier alpha value is -2.63. The molecule has 0 spiro atoms. The molecule has 1 amide bonds. The zero-order valence-corrected chi connectivity index (χ0v) is 16.1. The number of thiazole rings is 1. The van der Waals surface area contributed by atoms with Crippen molar-refractivity contribution in [3.63, 3.8) is 0 Å². The van der Waals surface area contributed by atoms with Crippen LogP contribution in [-0.4, -0.2) is 16.6 Å². The van der Waals surface area contributed by atoms with Crippen molar-refractivity contribution >= 4 is 44.9 Å². The van der Waals surface area contributed by atoms with Gasteiger partial charge in [-0.2, -0.15) is 0 Å². The minimum atomic E-state index is -0.00477. The topological polar surface area (TPSA) is 42.0 Å². The van der Waals surface area contributed by atoms with Crippen molar-refractivity contribution in [2.24, 2.45) is 0 Å². The monoisotopic (exact) mass is 388 g/mol. The number of nitrogens with one attached hydrogen (secondary N) is 1. The predicted molar refractivity (Wildman–Crippen MR) is 115 cm³/mol. The lowest BCUT2D eigenvalue weighted by atomic mass is 10.0. The largest absolute Gasteiger partial charge is 0.301 e. The lowest BCUT2D eigenvalue weighted by molar-refractivity contribution is -0.113. The summed E-state index contributed by atoms with van der Waals surface area (Å²) in [4.78, 5) is 18.2. The van der Waals surface area contributed by atoms with E-state index in [0.717, 1.165) is 21.9 Å². The third-order valence-corrected chi connectivity index (χ3v) is 6.63. The van der Waals surface area contributed by atoms with Crippen LogP contribution in [0.2, 0.25) is 0 Å². The maximum Gasteiger partial charge on any atom is 0.236 e. The summed E-state index contributed by atoms with van der Waals surface area (Å²) in [5.41, 5.74) is 4.59. The van der Waals surface area contributed by atoms with Gasteiger partial charge >= 0.3 is 0 Å². The molecule has 4 aromatic rings. The number of carbonyl (C=O) groups is 1. The summed E-state index contributed by atoms with van der Waals surface area (Å²) in [7, 11) is 0. The molecule has 3 nitrogen and oxygen atoms in total. The van der Waals surface area contributed by atoms with Gasteiger partial charge in [-0.05, 0) is 16.3 Å². The number of carbonyl (C=O) groups excluding carboxylic acids is 1. The van der Waals surface area contributed by atoms with Crippen molar-refractivity contribution < 1.29 is 4.79 Å². The van der Waals surface area contributed by atoms with Gasteiger partial charge in [0.25, 0.3) is 0 Å². The van der Waals surface area contributed by atoms with Crippen LogP contribution in [-0.2, 0) is 10.5 Å². The number of anilines is 1. The lowest BCUT2D eigenvalue weighted by Gasteiger charge is -2.04. The van der Waals surface area contributed by atoms with E-state index < -0.39 is 0 Å². The highest BCUT2D eigenvalue weighted by molar-refractivity contribution is 7.99. The Morgan fingerprint density at radius 1 is 0.963 bits per heavy atom. The van der Waals surface area contributed by atoms with Gasteiger partial charge in [0.1, 0.15) is 0 Å². The molecule has 5 heteroatoms. The highest BCUT2D eigenvalue weighted by Crippen LogP contribution is 2.50. The van der Waals surface area contributed by atoms with Gasteiger partial charge in [-0.3, -0.25) is 4.79 Å². The normalized spacial score (nSPS) is 11.6. The molecule has 1 N–H and O–H groups in total. The van der Waals surface area contributed by atoms with Crippen LogP contribution >= 0.6 is 23.1 Å². The number of nitrogens with zero attached hydrogens (tertiary/aromatic N) is 1. The average molecular weight is 389 g/mol. The Bertz CT molecular complexity index is 1100. The van der Waals surface area contributed by atoms with Crippen LogP contribution < -0.4 is 5.32 Å². The number of aromatic nitrogens is 1. The van der Waals surface area contributed by atoms with Crippen molar-refractivity contribution in [3.8, 4) is 21.7 Å². The van der Waals surface area contributed by atoms with Gasteiger partial charge in [0.05, 0.1) is 16.3 Å². The van der Waals surface area contributed by atoms with E-state index in [0.29, 0.717) is 10.9 Å². The van der Waals surface area contributed by atoms with Crippen LogP contribution in [0, 0.1) is 0 Å². The van der Waals surface area contributed by atoms with Gasteiger partial charge in [-0.25, -0.2) is 4.98 Å². The molecule has 1 aliphatic rings. The van der Waals surface area contributed by atoms with Crippen LogP contribution in [0.25, 0.3) is 32.5 Å². The molecule has 0 aliphatic heterocycles. The number of benzene rings is 3. The Morgan fingerprint density at radius 2 is 1.74 bits per heavy atom. The maximum absolute atomic E-state index is 12.3. The van der Waals surface area contributed by atoms with Crippen LogP contribution in [0.5, 0.6) is 0 Å². The quantitative estimate of drug-likeness (QED) is 0.413. The molecule has 0 radical (unpaired) electrons. The first kappa shape index (κ1) is 16.5. The van der Waals surface area contributed by atoms with E-state index >= 15 is 0 Å². The van der Waals surface area contributed by atoms with Gasteiger partial charge < -0.3 is 5.32 Å². The molecule has 132 valence electrons. The molecule has 0 atom stereocenters. The maximum atomic E-state index is 12.3. The first-order valence-corrected chi connectivity index (χ1v) is 10.7. The molecule has 27 heavy (non-hydrogen) atoms.